The van der Waals surface area contributed by atoms with Crippen molar-refractivity contribution in [3.63, 3.8) is 0 Å². The molecular weight excluding hydrogens is 215 g/mol. The van der Waals surface area contributed by atoms with Gasteiger partial charge in [0.25, 0.3) is 0 Å². The first-order chi connectivity index (χ1) is 8.22. The number of hydrogen-bond acceptors (Lipinski definition) is 2. The number of rotatable bonds is 3. The highest BCUT2D eigenvalue weighted by atomic mass is 19.1. The zero-order chi connectivity index (χ0) is 12.3. The quantitative estimate of drug-likeness (QED) is 0.874. The molecule has 1 heterocycles. The monoisotopic (exact) mass is 236 g/mol. The summed E-state index contributed by atoms with van der Waals surface area (Å²) in [5.41, 5.74) is 6.87. The zero-order valence-electron chi connectivity index (χ0n) is 10.4. The first kappa shape index (κ1) is 12.5. The van der Waals surface area contributed by atoms with E-state index in [1.807, 2.05) is 6.07 Å². The zero-order valence-corrected chi connectivity index (χ0v) is 10.4. The van der Waals surface area contributed by atoms with Gasteiger partial charge < -0.3 is 5.73 Å². The van der Waals surface area contributed by atoms with Crippen LogP contribution >= 0.6 is 0 Å². The average Bonchev–Trinajstić information content (AvgIpc) is 2.38. The van der Waals surface area contributed by atoms with Crippen LogP contribution in [0.2, 0.25) is 0 Å². The van der Waals surface area contributed by atoms with Gasteiger partial charge in [0.1, 0.15) is 5.82 Å². The Balaban J connectivity index is 2.15. The van der Waals surface area contributed by atoms with E-state index in [1.165, 1.54) is 18.9 Å². The highest BCUT2D eigenvalue weighted by Gasteiger charge is 2.26. The molecule has 1 aliphatic heterocycles. The maximum absolute atomic E-state index is 13.2. The molecule has 0 spiro atoms. The van der Waals surface area contributed by atoms with Crippen LogP contribution in [0.1, 0.15) is 37.8 Å². The van der Waals surface area contributed by atoms with Crippen LogP contribution in [0.3, 0.4) is 0 Å². The minimum Gasteiger partial charge on any atom is -0.329 e. The molecule has 2 N–H and O–H groups in total. The summed E-state index contributed by atoms with van der Waals surface area (Å²) in [6.45, 7) is 3.90. The van der Waals surface area contributed by atoms with Crippen molar-refractivity contribution in [3.05, 3.63) is 35.6 Å². The SMILES string of the molecule is CC(c1cccc(F)c1)N1CCCCC1CN. The lowest BCUT2D eigenvalue weighted by atomic mass is 9.97. The molecule has 0 radical (unpaired) electrons. The number of piperidine rings is 1. The molecule has 0 aliphatic carbocycles. The predicted octanol–water partition coefficient (Wildman–Crippen LogP) is 2.70. The summed E-state index contributed by atoms with van der Waals surface area (Å²) < 4.78 is 13.2. The largest absolute Gasteiger partial charge is 0.329 e. The fourth-order valence-electron chi connectivity index (χ4n) is 2.74. The Morgan fingerprint density at radius 2 is 2.29 bits per heavy atom. The highest BCUT2D eigenvalue weighted by molar-refractivity contribution is 5.20. The topological polar surface area (TPSA) is 29.3 Å². The van der Waals surface area contributed by atoms with Gasteiger partial charge in [-0.1, -0.05) is 18.6 Å². The first-order valence-corrected chi connectivity index (χ1v) is 6.43. The van der Waals surface area contributed by atoms with Crippen molar-refractivity contribution < 1.29 is 4.39 Å². The number of benzene rings is 1. The van der Waals surface area contributed by atoms with Gasteiger partial charge in [0.15, 0.2) is 0 Å². The van der Waals surface area contributed by atoms with Crippen LogP contribution in [0.5, 0.6) is 0 Å². The Hall–Kier alpha value is -0.930. The lowest BCUT2D eigenvalue weighted by Crippen LogP contribution is -2.45. The van der Waals surface area contributed by atoms with E-state index >= 15 is 0 Å². The second-order valence-corrected chi connectivity index (χ2v) is 4.85. The Morgan fingerprint density at radius 1 is 1.47 bits per heavy atom. The van der Waals surface area contributed by atoms with Crippen molar-refractivity contribution in [1.82, 2.24) is 4.90 Å². The normalized spacial score (nSPS) is 23.6. The van der Waals surface area contributed by atoms with Crippen LogP contribution in [0, 0.1) is 5.82 Å². The third kappa shape index (κ3) is 2.85. The summed E-state index contributed by atoms with van der Waals surface area (Å²) in [4.78, 5) is 2.41. The minimum absolute atomic E-state index is 0.157. The first-order valence-electron chi connectivity index (χ1n) is 6.43. The Labute approximate surface area is 103 Å². The molecule has 0 bridgehead atoms. The summed E-state index contributed by atoms with van der Waals surface area (Å²) in [5, 5.41) is 0. The molecule has 0 saturated carbocycles. The number of hydrogen-bond donors (Lipinski definition) is 1. The van der Waals surface area contributed by atoms with Crippen LogP contribution in [-0.4, -0.2) is 24.0 Å². The molecule has 94 valence electrons. The van der Waals surface area contributed by atoms with E-state index in [4.69, 9.17) is 5.73 Å². The van der Waals surface area contributed by atoms with Crippen molar-refractivity contribution in [2.45, 2.75) is 38.3 Å². The summed E-state index contributed by atoms with van der Waals surface area (Å²) in [6, 6.07) is 7.60. The van der Waals surface area contributed by atoms with Gasteiger partial charge in [-0.15, -0.1) is 0 Å². The molecule has 3 heteroatoms. The molecule has 1 saturated heterocycles. The lowest BCUT2D eigenvalue weighted by Gasteiger charge is -2.39. The number of nitrogens with two attached hydrogens (primary N) is 1. The van der Waals surface area contributed by atoms with Crippen LogP contribution in [-0.2, 0) is 0 Å². The molecule has 1 aromatic rings. The van der Waals surface area contributed by atoms with Crippen LogP contribution in [0.4, 0.5) is 4.39 Å². The second kappa shape index (κ2) is 5.61. The molecule has 1 fully saturated rings. The van der Waals surface area contributed by atoms with E-state index in [1.54, 1.807) is 12.1 Å². The smallest absolute Gasteiger partial charge is 0.123 e. The number of halogens is 1. The van der Waals surface area contributed by atoms with Crippen LogP contribution in [0.15, 0.2) is 24.3 Å². The Kier molecular flexibility index (Phi) is 4.13. The van der Waals surface area contributed by atoms with Crippen molar-refractivity contribution in [2.75, 3.05) is 13.1 Å². The van der Waals surface area contributed by atoms with Gasteiger partial charge in [0.05, 0.1) is 0 Å². The standard InChI is InChI=1S/C14H21FN2/c1-11(12-5-4-6-13(15)9-12)17-8-3-2-7-14(17)10-16/h4-6,9,11,14H,2-3,7-8,10,16H2,1H3. The fourth-order valence-corrected chi connectivity index (χ4v) is 2.74. The molecule has 2 rings (SSSR count). The lowest BCUT2D eigenvalue weighted by molar-refractivity contribution is 0.108. The molecule has 1 aromatic carbocycles. The predicted molar refractivity (Wildman–Crippen MR) is 68.2 cm³/mol. The van der Waals surface area contributed by atoms with Crippen molar-refractivity contribution >= 4 is 0 Å². The van der Waals surface area contributed by atoms with Crippen molar-refractivity contribution in [3.8, 4) is 0 Å². The van der Waals surface area contributed by atoms with E-state index in [9.17, 15) is 4.39 Å². The van der Waals surface area contributed by atoms with Crippen molar-refractivity contribution in [1.29, 1.82) is 0 Å². The fraction of sp³-hybridized carbons (Fsp3) is 0.571. The molecule has 1 aliphatic rings. The maximum Gasteiger partial charge on any atom is 0.123 e. The summed E-state index contributed by atoms with van der Waals surface area (Å²) in [7, 11) is 0. The molecule has 17 heavy (non-hydrogen) atoms. The van der Waals surface area contributed by atoms with Crippen molar-refractivity contribution in [2.24, 2.45) is 5.73 Å². The van der Waals surface area contributed by atoms with E-state index in [2.05, 4.69) is 11.8 Å². The summed E-state index contributed by atoms with van der Waals surface area (Å²) in [5.74, 6) is -0.157. The molecular formula is C14H21FN2. The van der Waals surface area contributed by atoms with Crippen LogP contribution in [0.25, 0.3) is 0 Å². The number of likely N-dealkylation sites (tertiary alicyclic amines) is 1. The number of nitrogens with zero attached hydrogens (tertiary/aromatic N) is 1. The van der Waals surface area contributed by atoms with E-state index in [0.29, 0.717) is 12.6 Å². The minimum atomic E-state index is -0.157. The third-order valence-electron chi connectivity index (χ3n) is 3.77. The van der Waals surface area contributed by atoms with Gasteiger partial charge in [0.2, 0.25) is 0 Å². The second-order valence-electron chi connectivity index (χ2n) is 4.85. The van der Waals surface area contributed by atoms with Crippen LogP contribution < -0.4 is 5.73 Å². The van der Waals surface area contributed by atoms with Gasteiger partial charge in [-0.05, 0) is 44.0 Å². The Morgan fingerprint density at radius 3 is 3.00 bits per heavy atom. The molecule has 0 amide bonds. The molecule has 2 unspecified atom stereocenters. The van der Waals surface area contributed by atoms with Gasteiger partial charge in [-0.25, -0.2) is 4.39 Å². The molecule has 2 nitrogen and oxygen atoms in total. The Bertz CT molecular complexity index is 367. The maximum atomic E-state index is 13.2. The van der Waals surface area contributed by atoms with Gasteiger partial charge >= 0.3 is 0 Å². The van der Waals surface area contributed by atoms with Gasteiger partial charge in [-0.2, -0.15) is 0 Å². The van der Waals surface area contributed by atoms with E-state index in [0.717, 1.165) is 18.5 Å². The van der Waals surface area contributed by atoms with Gasteiger partial charge in [-0.3, -0.25) is 4.90 Å². The third-order valence-corrected chi connectivity index (χ3v) is 3.77. The average molecular weight is 236 g/mol. The molecule has 2 atom stereocenters. The highest BCUT2D eigenvalue weighted by Crippen LogP contribution is 2.28. The van der Waals surface area contributed by atoms with Gasteiger partial charge in [0, 0.05) is 18.6 Å². The van der Waals surface area contributed by atoms with E-state index in [-0.39, 0.29) is 11.9 Å². The van der Waals surface area contributed by atoms with E-state index < -0.39 is 0 Å². The summed E-state index contributed by atoms with van der Waals surface area (Å²) >= 11 is 0. The summed E-state index contributed by atoms with van der Waals surface area (Å²) in [6.07, 6.45) is 3.64. The molecule has 0 aromatic heterocycles.